The summed E-state index contributed by atoms with van der Waals surface area (Å²) in [4.78, 5) is 12.2. The average molecular weight is 321 g/mol. The number of carbonyl (C=O) groups excluding carboxylic acids is 1. The molecule has 1 heterocycles. The quantitative estimate of drug-likeness (QED) is 0.676. The number of nitrogens with two attached hydrogens (primary N) is 1. The molecule has 0 bridgehead atoms. The Balaban J connectivity index is 2.91. The van der Waals surface area contributed by atoms with E-state index in [4.69, 9.17) is 10.5 Å². The minimum Gasteiger partial charge on any atom is -0.492 e. The Morgan fingerprint density at radius 3 is 2.60 bits per heavy atom. The molecule has 9 heteroatoms. The maximum absolute atomic E-state index is 11.8. The normalized spacial score (nSPS) is 11.2. The number of rotatable bonds is 7. The Kier molecular flexibility index (Phi) is 5.63. The zero-order valence-corrected chi connectivity index (χ0v) is 13.3. The lowest BCUT2D eigenvalue weighted by Gasteiger charge is -2.06. The van der Waals surface area contributed by atoms with Crippen LogP contribution in [-0.4, -0.2) is 46.5 Å². The number of carbonyl (C=O) groups is 1. The van der Waals surface area contributed by atoms with Crippen LogP contribution in [0.15, 0.2) is 0 Å². The largest absolute Gasteiger partial charge is 0.492 e. The van der Waals surface area contributed by atoms with Crippen LogP contribution in [0, 0.1) is 0 Å². The predicted molar refractivity (Wildman–Crippen MR) is 81.5 cm³/mol. The Labute approximate surface area is 122 Å². The lowest BCUT2D eigenvalue weighted by molar-refractivity contribution is 0.0960. The highest BCUT2D eigenvalue weighted by molar-refractivity contribution is 7.90. The van der Waals surface area contributed by atoms with Gasteiger partial charge in [0.25, 0.3) is 5.91 Å². The molecule has 0 aliphatic carbocycles. The Bertz CT molecular complexity index is 581. The van der Waals surface area contributed by atoms with E-state index in [2.05, 4.69) is 10.6 Å². The van der Waals surface area contributed by atoms with Gasteiger partial charge in [-0.25, -0.2) is 8.42 Å². The molecule has 0 saturated heterocycles. The van der Waals surface area contributed by atoms with Crippen LogP contribution in [-0.2, 0) is 9.84 Å². The number of sulfone groups is 1. The molecule has 0 radical (unpaired) electrons. The average Bonchev–Trinajstić information content (AvgIpc) is 2.64. The number of thiophene rings is 1. The third-order valence-electron chi connectivity index (χ3n) is 2.41. The molecule has 1 amide bonds. The van der Waals surface area contributed by atoms with Gasteiger partial charge in [0.05, 0.1) is 12.9 Å². The summed E-state index contributed by atoms with van der Waals surface area (Å²) >= 11 is 1.14. The van der Waals surface area contributed by atoms with Gasteiger partial charge in [0.1, 0.15) is 25.4 Å². The second-order valence-corrected chi connectivity index (χ2v) is 7.40. The monoisotopic (exact) mass is 321 g/mol. The first-order valence-corrected chi connectivity index (χ1v) is 8.83. The standard InChI is InChI=1S/C11H19N3O4S2/c1-4-13-10(15)9-7(12)8(18-2)11(19-9)14-5-6-20(3,16)17/h14H,4-6,12H2,1-3H3,(H,13,15). The summed E-state index contributed by atoms with van der Waals surface area (Å²) in [7, 11) is -1.61. The predicted octanol–water partition coefficient (Wildman–Crippen LogP) is 0.545. The summed E-state index contributed by atoms with van der Waals surface area (Å²) < 4.78 is 27.3. The van der Waals surface area contributed by atoms with E-state index in [1.54, 1.807) is 0 Å². The molecule has 0 unspecified atom stereocenters. The van der Waals surface area contributed by atoms with Gasteiger partial charge in [0.15, 0.2) is 5.75 Å². The fourth-order valence-electron chi connectivity index (χ4n) is 1.51. The van der Waals surface area contributed by atoms with Gasteiger partial charge in [-0.15, -0.1) is 11.3 Å². The SMILES string of the molecule is CCNC(=O)c1sc(NCCS(C)(=O)=O)c(OC)c1N. The molecule has 0 aromatic carbocycles. The highest BCUT2D eigenvalue weighted by Gasteiger charge is 2.21. The lowest BCUT2D eigenvalue weighted by atomic mass is 10.3. The topological polar surface area (TPSA) is 111 Å². The molecule has 0 aliphatic rings. The van der Waals surface area contributed by atoms with Gasteiger partial charge in [-0.3, -0.25) is 4.79 Å². The van der Waals surface area contributed by atoms with E-state index in [0.717, 1.165) is 17.6 Å². The summed E-state index contributed by atoms with van der Waals surface area (Å²) in [5, 5.41) is 6.14. The van der Waals surface area contributed by atoms with Crippen LogP contribution in [0.1, 0.15) is 16.6 Å². The van der Waals surface area contributed by atoms with Gasteiger partial charge >= 0.3 is 0 Å². The van der Waals surface area contributed by atoms with Gasteiger partial charge in [-0.2, -0.15) is 0 Å². The summed E-state index contributed by atoms with van der Waals surface area (Å²) in [6, 6.07) is 0. The Morgan fingerprint density at radius 1 is 1.45 bits per heavy atom. The first-order valence-electron chi connectivity index (χ1n) is 5.96. The van der Waals surface area contributed by atoms with Crippen LogP contribution in [0.2, 0.25) is 0 Å². The zero-order valence-electron chi connectivity index (χ0n) is 11.6. The molecule has 0 atom stereocenters. The molecule has 0 aliphatic heterocycles. The van der Waals surface area contributed by atoms with Crippen LogP contribution in [0.3, 0.4) is 0 Å². The van der Waals surface area contributed by atoms with E-state index in [1.807, 2.05) is 6.92 Å². The van der Waals surface area contributed by atoms with Crippen molar-refractivity contribution in [3.63, 3.8) is 0 Å². The maximum Gasteiger partial charge on any atom is 0.263 e. The maximum atomic E-state index is 11.8. The third kappa shape index (κ3) is 4.27. The molecule has 1 aromatic rings. The van der Waals surface area contributed by atoms with Gasteiger partial charge < -0.3 is 21.1 Å². The van der Waals surface area contributed by atoms with Crippen molar-refractivity contribution in [3.8, 4) is 5.75 Å². The minimum atomic E-state index is -3.05. The molecule has 0 spiro atoms. The summed E-state index contributed by atoms with van der Waals surface area (Å²) in [6.45, 7) is 2.53. The highest BCUT2D eigenvalue weighted by atomic mass is 32.2. The van der Waals surface area contributed by atoms with Gasteiger partial charge in [-0.1, -0.05) is 0 Å². The first kappa shape index (κ1) is 16.6. The van der Waals surface area contributed by atoms with E-state index in [-0.39, 0.29) is 23.9 Å². The van der Waals surface area contributed by atoms with Gasteiger partial charge in [-0.05, 0) is 6.92 Å². The number of ether oxygens (including phenoxy) is 1. The molecule has 4 N–H and O–H groups in total. The molecule has 20 heavy (non-hydrogen) atoms. The molecular formula is C11H19N3O4S2. The minimum absolute atomic E-state index is 0.00948. The molecular weight excluding hydrogens is 302 g/mol. The van der Waals surface area contributed by atoms with Crippen molar-refractivity contribution in [2.75, 3.05) is 43.3 Å². The van der Waals surface area contributed by atoms with E-state index in [1.165, 1.54) is 7.11 Å². The molecule has 114 valence electrons. The van der Waals surface area contributed by atoms with Crippen LogP contribution in [0.5, 0.6) is 5.75 Å². The number of nitrogens with one attached hydrogen (secondary N) is 2. The number of amides is 1. The molecule has 0 fully saturated rings. The fraction of sp³-hybridized carbons (Fsp3) is 0.545. The van der Waals surface area contributed by atoms with Crippen molar-refractivity contribution in [2.24, 2.45) is 0 Å². The third-order valence-corrected chi connectivity index (χ3v) is 4.49. The summed E-state index contributed by atoms with van der Waals surface area (Å²) in [5.74, 6) is 0.0824. The second kappa shape index (κ2) is 6.80. The molecule has 1 aromatic heterocycles. The van der Waals surface area contributed by atoms with Crippen LogP contribution < -0.4 is 21.1 Å². The Hall–Kier alpha value is -1.48. The van der Waals surface area contributed by atoms with Crippen molar-refractivity contribution in [1.82, 2.24) is 5.32 Å². The van der Waals surface area contributed by atoms with Crippen molar-refractivity contribution in [2.45, 2.75) is 6.92 Å². The number of anilines is 2. The fourth-order valence-corrected chi connectivity index (χ4v) is 3.01. The Morgan fingerprint density at radius 2 is 2.10 bits per heavy atom. The van der Waals surface area contributed by atoms with E-state index in [9.17, 15) is 13.2 Å². The van der Waals surface area contributed by atoms with Crippen LogP contribution >= 0.6 is 11.3 Å². The zero-order chi connectivity index (χ0) is 15.3. The van der Waals surface area contributed by atoms with E-state index >= 15 is 0 Å². The summed E-state index contributed by atoms with van der Waals surface area (Å²) in [6.07, 6.45) is 1.16. The van der Waals surface area contributed by atoms with Crippen LogP contribution in [0.25, 0.3) is 0 Å². The van der Waals surface area contributed by atoms with Gasteiger partial charge in [0, 0.05) is 19.3 Å². The van der Waals surface area contributed by atoms with Crippen molar-refractivity contribution in [1.29, 1.82) is 0 Å². The van der Waals surface area contributed by atoms with Gasteiger partial charge in [0.2, 0.25) is 0 Å². The highest BCUT2D eigenvalue weighted by Crippen LogP contribution is 2.42. The van der Waals surface area contributed by atoms with Crippen LogP contribution in [0.4, 0.5) is 10.7 Å². The molecule has 7 nitrogen and oxygen atoms in total. The lowest BCUT2D eigenvalue weighted by Crippen LogP contribution is -2.22. The first-order chi connectivity index (χ1) is 9.30. The molecule has 0 saturated carbocycles. The number of nitrogen functional groups attached to an aromatic ring is 1. The van der Waals surface area contributed by atoms with Crippen molar-refractivity contribution in [3.05, 3.63) is 4.88 Å². The smallest absolute Gasteiger partial charge is 0.263 e. The number of methoxy groups -OCH3 is 1. The van der Waals surface area contributed by atoms with Crippen molar-refractivity contribution < 1.29 is 17.9 Å². The van der Waals surface area contributed by atoms with E-state index < -0.39 is 9.84 Å². The number of hydrogen-bond donors (Lipinski definition) is 3. The van der Waals surface area contributed by atoms with E-state index in [0.29, 0.717) is 22.2 Å². The summed E-state index contributed by atoms with van der Waals surface area (Å²) in [5.41, 5.74) is 6.12. The second-order valence-electron chi connectivity index (χ2n) is 4.12. The number of hydrogen-bond acceptors (Lipinski definition) is 7. The molecule has 1 rings (SSSR count). The van der Waals surface area contributed by atoms with Crippen molar-refractivity contribution >= 4 is 37.8 Å².